The van der Waals surface area contributed by atoms with Gasteiger partial charge in [-0.05, 0) is 36.5 Å². The van der Waals surface area contributed by atoms with Crippen LogP contribution in [0.1, 0.15) is 38.8 Å². The Morgan fingerprint density at radius 3 is 2.21 bits per heavy atom. The molecule has 1 aromatic rings. The molecule has 19 heavy (non-hydrogen) atoms. The van der Waals surface area contributed by atoms with Crippen LogP contribution in [0.5, 0.6) is 0 Å². The molecule has 0 aliphatic rings. The van der Waals surface area contributed by atoms with E-state index in [4.69, 9.17) is 5.73 Å². The number of hydrogen-bond donors (Lipinski definition) is 1. The van der Waals surface area contributed by atoms with E-state index in [2.05, 4.69) is 0 Å². The highest BCUT2D eigenvalue weighted by Crippen LogP contribution is 2.28. The number of aryl methyl sites for hydroxylation is 1. The summed E-state index contributed by atoms with van der Waals surface area (Å²) in [6, 6.07) is 5.31. The van der Waals surface area contributed by atoms with E-state index in [-0.39, 0.29) is 10.3 Å². The first-order chi connectivity index (χ1) is 8.48. The van der Waals surface area contributed by atoms with Gasteiger partial charge in [0.15, 0.2) is 9.84 Å². The van der Waals surface area contributed by atoms with E-state index in [1.165, 1.54) is 6.92 Å². The minimum absolute atomic E-state index is 0.159. The van der Waals surface area contributed by atoms with Crippen molar-refractivity contribution in [2.75, 3.05) is 0 Å². The van der Waals surface area contributed by atoms with Crippen LogP contribution in [-0.2, 0) is 20.0 Å². The summed E-state index contributed by atoms with van der Waals surface area (Å²) in [4.78, 5) is 11.3. The number of hydrogen-bond acceptors (Lipinski definition) is 3. The number of primary amides is 1. The van der Waals surface area contributed by atoms with Gasteiger partial charge in [-0.25, -0.2) is 8.42 Å². The largest absolute Gasteiger partial charge is 0.369 e. The Morgan fingerprint density at radius 2 is 1.79 bits per heavy atom. The maximum absolute atomic E-state index is 12.4. The number of sulfone groups is 1. The summed E-state index contributed by atoms with van der Waals surface area (Å²) in [5.74, 6) is -0.833. The van der Waals surface area contributed by atoms with Crippen LogP contribution in [0, 0.1) is 6.92 Å². The van der Waals surface area contributed by atoms with E-state index < -0.39 is 21.0 Å². The van der Waals surface area contributed by atoms with E-state index >= 15 is 0 Å². The standard InChI is InChI=1S/C14H21NO3S/c1-9-6-7-11(14(3,4)5)8-12(9)19(17,18)10(2)13(15)16/h6-8,10H,1-5H3,(H2,15,16)/t10-/m0/s1. The topological polar surface area (TPSA) is 77.2 Å². The molecule has 1 rings (SSSR count). The monoisotopic (exact) mass is 283 g/mol. The lowest BCUT2D eigenvalue weighted by atomic mass is 9.87. The van der Waals surface area contributed by atoms with Crippen LogP contribution in [-0.4, -0.2) is 19.6 Å². The van der Waals surface area contributed by atoms with E-state index in [1.807, 2.05) is 26.8 Å². The predicted molar refractivity (Wildman–Crippen MR) is 75.7 cm³/mol. The minimum atomic E-state index is -3.73. The van der Waals surface area contributed by atoms with E-state index in [0.717, 1.165) is 5.56 Å². The first-order valence-corrected chi connectivity index (χ1v) is 7.67. The molecule has 0 spiro atoms. The van der Waals surface area contributed by atoms with Gasteiger partial charge in [-0.1, -0.05) is 32.9 Å². The van der Waals surface area contributed by atoms with Gasteiger partial charge in [0.25, 0.3) is 0 Å². The van der Waals surface area contributed by atoms with Crippen molar-refractivity contribution in [3.05, 3.63) is 29.3 Å². The maximum Gasteiger partial charge on any atom is 0.235 e. The summed E-state index contributed by atoms with van der Waals surface area (Å²) in [7, 11) is -3.73. The van der Waals surface area contributed by atoms with Crippen LogP contribution in [0.2, 0.25) is 0 Å². The Labute approximate surface area is 114 Å². The second-order valence-corrected chi connectivity index (χ2v) is 8.06. The molecule has 1 amide bonds. The fraction of sp³-hybridized carbons (Fsp3) is 0.500. The average molecular weight is 283 g/mol. The molecule has 1 aromatic carbocycles. The summed E-state index contributed by atoms with van der Waals surface area (Å²) in [5.41, 5.74) is 6.49. The van der Waals surface area contributed by atoms with Crippen LogP contribution < -0.4 is 5.73 Å². The van der Waals surface area contributed by atoms with Crippen molar-refractivity contribution < 1.29 is 13.2 Å². The average Bonchev–Trinajstić information content (AvgIpc) is 2.26. The number of nitrogens with two attached hydrogens (primary N) is 1. The zero-order chi connectivity index (χ0) is 15.0. The van der Waals surface area contributed by atoms with Crippen molar-refractivity contribution in [2.45, 2.75) is 50.2 Å². The van der Waals surface area contributed by atoms with Gasteiger partial charge < -0.3 is 5.73 Å². The molecule has 0 aromatic heterocycles. The SMILES string of the molecule is Cc1ccc(C(C)(C)C)cc1S(=O)(=O)[C@@H](C)C(N)=O. The van der Waals surface area contributed by atoms with Gasteiger partial charge in [0.2, 0.25) is 5.91 Å². The number of amides is 1. The van der Waals surface area contributed by atoms with Crippen molar-refractivity contribution in [3.8, 4) is 0 Å². The van der Waals surface area contributed by atoms with Crippen molar-refractivity contribution in [3.63, 3.8) is 0 Å². The fourth-order valence-corrected chi connectivity index (χ4v) is 3.21. The summed E-state index contributed by atoms with van der Waals surface area (Å²) < 4.78 is 24.7. The lowest BCUT2D eigenvalue weighted by Crippen LogP contribution is -2.33. The van der Waals surface area contributed by atoms with Crippen LogP contribution in [0.25, 0.3) is 0 Å². The lowest BCUT2D eigenvalue weighted by molar-refractivity contribution is -0.117. The zero-order valence-electron chi connectivity index (χ0n) is 12.0. The number of carbonyl (C=O) groups excluding carboxylic acids is 1. The number of rotatable bonds is 3. The van der Waals surface area contributed by atoms with E-state index in [0.29, 0.717) is 5.56 Å². The predicted octanol–water partition coefficient (Wildman–Crippen LogP) is 1.94. The molecule has 106 valence electrons. The molecule has 0 aliphatic heterocycles. The smallest absolute Gasteiger partial charge is 0.235 e. The third kappa shape index (κ3) is 3.15. The first kappa shape index (κ1) is 15.7. The molecule has 0 fully saturated rings. The zero-order valence-corrected chi connectivity index (χ0v) is 12.8. The Hall–Kier alpha value is -1.36. The Bertz CT molecular complexity index is 598. The van der Waals surface area contributed by atoms with Gasteiger partial charge in [-0.2, -0.15) is 0 Å². The highest BCUT2D eigenvalue weighted by atomic mass is 32.2. The molecule has 0 bridgehead atoms. The summed E-state index contributed by atoms with van der Waals surface area (Å²) in [6.07, 6.45) is 0. The normalized spacial score (nSPS) is 14.2. The molecule has 0 heterocycles. The second kappa shape index (κ2) is 4.96. The van der Waals surface area contributed by atoms with Gasteiger partial charge in [0.05, 0.1) is 4.90 Å². The molecule has 0 unspecified atom stereocenters. The summed E-state index contributed by atoms with van der Waals surface area (Å²) in [6.45, 7) is 9.05. The molecular weight excluding hydrogens is 262 g/mol. The molecule has 0 radical (unpaired) electrons. The van der Waals surface area contributed by atoms with Crippen LogP contribution >= 0.6 is 0 Å². The minimum Gasteiger partial charge on any atom is -0.369 e. The third-order valence-electron chi connectivity index (χ3n) is 3.23. The summed E-state index contributed by atoms with van der Waals surface area (Å²) in [5, 5.41) is -1.22. The van der Waals surface area contributed by atoms with Crippen molar-refractivity contribution in [2.24, 2.45) is 5.73 Å². The molecule has 0 saturated carbocycles. The fourth-order valence-electron chi connectivity index (χ4n) is 1.72. The Morgan fingerprint density at radius 1 is 1.26 bits per heavy atom. The highest BCUT2D eigenvalue weighted by Gasteiger charge is 2.30. The van der Waals surface area contributed by atoms with Crippen LogP contribution in [0.4, 0.5) is 0 Å². The molecule has 0 saturated heterocycles. The highest BCUT2D eigenvalue weighted by molar-refractivity contribution is 7.92. The number of carbonyl (C=O) groups is 1. The van der Waals surface area contributed by atoms with Gasteiger partial charge in [0.1, 0.15) is 5.25 Å². The molecular formula is C14H21NO3S. The quantitative estimate of drug-likeness (QED) is 0.921. The van der Waals surface area contributed by atoms with Crippen molar-refractivity contribution >= 4 is 15.7 Å². The van der Waals surface area contributed by atoms with Gasteiger partial charge in [0, 0.05) is 0 Å². The van der Waals surface area contributed by atoms with Crippen LogP contribution in [0.3, 0.4) is 0 Å². The molecule has 0 aliphatic carbocycles. The van der Waals surface area contributed by atoms with Gasteiger partial charge in [-0.15, -0.1) is 0 Å². The van der Waals surface area contributed by atoms with E-state index in [1.54, 1.807) is 19.1 Å². The van der Waals surface area contributed by atoms with Gasteiger partial charge >= 0.3 is 0 Å². The summed E-state index contributed by atoms with van der Waals surface area (Å²) >= 11 is 0. The Balaban J connectivity index is 3.47. The van der Waals surface area contributed by atoms with Gasteiger partial charge in [-0.3, -0.25) is 4.79 Å². The molecule has 2 N–H and O–H groups in total. The van der Waals surface area contributed by atoms with Crippen LogP contribution in [0.15, 0.2) is 23.1 Å². The van der Waals surface area contributed by atoms with Crippen molar-refractivity contribution in [1.82, 2.24) is 0 Å². The van der Waals surface area contributed by atoms with Crippen molar-refractivity contribution in [1.29, 1.82) is 0 Å². The number of benzene rings is 1. The second-order valence-electron chi connectivity index (χ2n) is 5.82. The molecule has 4 nitrogen and oxygen atoms in total. The third-order valence-corrected chi connectivity index (χ3v) is 5.44. The molecule has 1 atom stereocenters. The first-order valence-electron chi connectivity index (χ1n) is 6.12. The maximum atomic E-state index is 12.4. The molecule has 5 heteroatoms. The van der Waals surface area contributed by atoms with E-state index in [9.17, 15) is 13.2 Å². The Kier molecular flexibility index (Phi) is 4.10. The lowest BCUT2D eigenvalue weighted by Gasteiger charge is -2.21.